The van der Waals surface area contributed by atoms with Gasteiger partial charge in [-0.05, 0) is 12.8 Å². The molecule has 0 bridgehead atoms. The molecule has 1 unspecified atom stereocenters. The normalized spacial score (nSPS) is 13.4. The molecule has 11 heteroatoms. The molecular formula is C27H43N5O6. The second kappa shape index (κ2) is 14.0. The van der Waals surface area contributed by atoms with Crippen molar-refractivity contribution in [2.75, 3.05) is 63.3 Å². The van der Waals surface area contributed by atoms with Crippen LogP contribution in [0.4, 0.5) is 17.2 Å². The summed E-state index contributed by atoms with van der Waals surface area (Å²) in [6, 6.07) is 3.66. The highest BCUT2D eigenvalue weighted by Crippen LogP contribution is 2.40. The predicted molar refractivity (Wildman–Crippen MR) is 150 cm³/mol. The number of hydrogen-bond donors (Lipinski definition) is 3. The fraction of sp³-hybridized carbons (Fsp3) is 0.630. The van der Waals surface area contributed by atoms with Gasteiger partial charge < -0.3 is 34.4 Å². The molecule has 0 fully saturated rings. The number of aliphatic hydroxyl groups is 1. The number of unbranched alkanes of at least 4 members (excludes halogenated alkanes) is 6. The number of fused-ring (bicyclic) bond motifs is 1. The number of benzene rings is 1. The highest BCUT2D eigenvalue weighted by Gasteiger charge is 2.29. The topological polar surface area (TPSA) is 121 Å². The van der Waals surface area contributed by atoms with Crippen LogP contribution in [-0.2, 0) is 7.05 Å². The Balaban J connectivity index is 1.28. The first kappa shape index (κ1) is 29.2. The van der Waals surface area contributed by atoms with Crippen LogP contribution < -0.4 is 40.6 Å². The van der Waals surface area contributed by atoms with E-state index in [1.807, 2.05) is 24.1 Å². The standard InChI is InChI=1S/C27H43N5O6/c1-30-18-32(26-23(30)25(34)29-27(35)31(26)2)14-12-10-8-6-7-9-11-13-20(33)17-28-19-15-21(36-3)24(38-5)22(16-19)37-4/h15-16,20,28,33H,6-14,17-18H2,1-5H3,(H,29,34,35). The largest absolute Gasteiger partial charge is 0.493 e. The Kier molecular flexibility index (Phi) is 10.8. The van der Waals surface area contributed by atoms with Crippen LogP contribution in [0.3, 0.4) is 0 Å². The molecule has 0 spiro atoms. The first-order chi connectivity index (χ1) is 18.3. The Bertz CT molecular complexity index is 1140. The van der Waals surface area contributed by atoms with Gasteiger partial charge in [-0.1, -0.05) is 38.5 Å². The van der Waals surface area contributed by atoms with Crippen LogP contribution in [0.2, 0.25) is 0 Å². The number of rotatable bonds is 16. The SMILES string of the molecule is COc1cc(NCC(O)CCCCCCCCCN2CN(C)c3c2n(C)c(=O)[nH]c3=O)cc(OC)c1OC. The van der Waals surface area contributed by atoms with Gasteiger partial charge >= 0.3 is 5.69 Å². The summed E-state index contributed by atoms with van der Waals surface area (Å²) < 4.78 is 17.6. The summed E-state index contributed by atoms with van der Waals surface area (Å²) in [5.74, 6) is 2.39. The van der Waals surface area contributed by atoms with E-state index >= 15 is 0 Å². The van der Waals surface area contributed by atoms with E-state index < -0.39 is 6.10 Å². The van der Waals surface area contributed by atoms with Crippen molar-refractivity contribution in [3.8, 4) is 17.2 Å². The van der Waals surface area contributed by atoms with Crippen molar-refractivity contribution < 1.29 is 19.3 Å². The summed E-state index contributed by atoms with van der Waals surface area (Å²) in [7, 11) is 8.30. The lowest BCUT2D eigenvalue weighted by molar-refractivity contribution is 0.173. The number of ether oxygens (including phenoxy) is 3. The van der Waals surface area contributed by atoms with Gasteiger partial charge in [0.05, 0.1) is 34.1 Å². The van der Waals surface area contributed by atoms with Gasteiger partial charge in [-0.15, -0.1) is 0 Å². The molecule has 1 aromatic heterocycles. The highest BCUT2D eigenvalue weighted by atomic mass is 16.5. The molecule has 0 radical (unpaired) electrons. The number of nitrogens with zero attached hydrogens (tertiary/aromatic N) is 3. The monoisotopic (exact) mass is 533 g/mol. The molecule has 0 saturated carbocycles. The summed E-state index contributed by atoms with van der Waals surface area (Å²) in [6.45, 7) is 1.89. The Labute approximate surface area is 224 Å². The summed E-state index contributed by atoms with van der Waals surface area (Å²) in [4.78, 5) is 30.6. The van der Waals surface area contributed by atoms with E-state index in [4.69, 9.17) is 14.2 Å². The summed E-state index contributed by atoms with van der Waals surface area (Å²) >= 11 is 0. The molecule has 0 amide bonds. The lowest BCUT2D eigenvalue weighted by Gasteiger charge is -2.20. The molecule has 11 nitrogen and oxygen atoms in total. The number of methoxy groups -OCH3 is 3. The van der Waals surface area contributed by atoms with Crippen molar-refractivity contribution in [1.29, 1.82) is 0 Å². The molecule has 1 aliphatic heterocycles. The van der Waals surface area contributed by atoms with Crippen LogP contribution in [0.1, 0.15) is 51.4 Å². The molecule has 3 N–H and O–H groups in total. The maximum absolute atomic E-state index is 12.2. The van der Waals surface area contributed by atoms with Crippen molar-refractivity contribution >= 4 is 17.2 Å². The maximum atomic E-state index is 12.2. The van der Waals surface area contributed by atoms with Crippen molar-refractivity contribution in [3.05, 3.63) is 33.0 Å². The minimum Gasteiger partial charge on any atom is -0.493 e. The Morgan fingerprint density at radius 2 is 1.55 bits per heavy atom. The van der Waals surface area contributed by atoms with E-state index in [0.717, 1.165) is 63.6 Å². The molecule has 38 heavy (non-hydrogen) atoms. The summed E-state index contributed by atoms with van der Waals surface area (Å²) in [5, 5.41) is 13.6. The first-order valence-electron chi connectivity index (χ1n) is 13.3. The van der Waals surface area contributed by atoms with E-state index in [2.05, 4.69) is 15.2 Å². The van der Waals surface area contributed by atoms with E-state index in [9.17, 15) is 14.7 Å². The van der Waals surface area contributed by atoms with Gasteiger partial charge in [-0.25, -0.2) is 4.79 Å². The quantitative estimate of drug-likeness (QED) is 0.280. The lowest BCUT2D eigenvalue weighted by atomic mass is 10.1. The third-order valence-electron chi connectivity index (χ3n) is 7.01. The van der Waals surface area contributed by atoms with E-state index in [-0.39, 0.29) is 11.2 Å². The number of nitrogens with one attached hydrogen (secondary N) is 2. The Morgan fingerprint density at radius 1 is 0.947 bits per heavy atom. The number of hydrogen-bond acceptors (Lipinski definition) is 9. The second-order valence-electron chi connectivity index (χ2n) is 9.81. The van der Waals surface area contributed by atoms with Gasteiger partial charge in [0.15, 0.2) is 11.5 Å². The average Bonchev–Trinajstić information content (AvgIpc) is 3.25. The average molecular weight is 534 g/mol. The van der Waals surface area contributed by atoms with Crippen molar-refractivity contribution in [3.63, 3.8) is 0 Å². The number of aliphatic hydroxyl groups excluding tert-OH is 1. The third-order valence-corrected chi connectivity index (χ3v) is 7.01. The van der Waals surface area contributed by atoms with Crippen LogP contribution in [0.25, 0.3) is 0 Å². The zero-order valence-corrected chi connectivity index (χ0v) is 23.3. The van der Waals surface area contributed by atoms with Crippen molar-refractivity contribution in [1.82, 2.24) is 9.55 Å². The molecule has 1 atom stereocenters. The lowest BCUT2D eigenvalue weighted by Crippen LogP contribution is -2.32. The van der Waals surface area contributed by atoms with Crippen LogP contribution in [0.15, 0.2) is 21.7 Å². The molecule has 1 aliphatic rings. The molecule has 3 rings (SSSR count). The van der Waals surface area contributed by atoms with Gasteiger partial charge in [-0.3, -0.25) is 14.3 Å². The smallest absolute Gasteiger partial charge is 0.329 e. The predicted octanol–water partition coefficient (Wildman–Crippen LogP) is 2.91. The summed E-state index contributed by atoms with van der Waals surface area (Å²) in [6.07, 6.45) is 7.97. The van der Waals surface area contributed by atoms with Crippen LogP contribution in [-0.4, -0.2) is 68.9 Å². The molecule has 2 aromatic rings. The van der Waals surface area contributed by atoms with Gasteiger partial charge in [0.1, 0.15) is 11.5 Å². The van der Waals surface area contributed by atoms with Crippen molar-refractivity contribution in [2.45, 2.75) is 57.5 Å². The van der Waals surface area contributed by atoms with Crippen LogP contribution in [0.5, 0.6) is 17.2 Å². The highest BCUT2D eigenvalue weighted by molar-refractivity contribution is 5.71. The first-order valence-corrected chi connectivity index (χ1v) is 13.3. The van der Waals surface area contributed by atoms with E-state index in [1.54, 1.807) is 28.4 Å². The fourth-order valence-corrected chi connectivity index (χ4v) is 4.96. The summed E-state index contributed by atoms with van der Waals surface area (Å²) in [5.41, 5.74) is 0.663. The minimum atomic E-state index is -0.432. The molecule has 212 valence electrons. The number of anilines is 3. The fourth-order valence-electron chi connectivity index (χ4n) is 4.96. The molecule has 0 aliphatic carbocycles. The second-order valence-corrected chi connectivity index (χ2v) is 9.81. The van der Waals surface area contributed by atoms with E-state index in [1.165, 1.54) is 4.57 Å². The zero-order valence-electron chi connectivity index (χ0n) is 23.3. The minimum absolute atomic E-state index is 0.324. The molecule has 0 saturated heterocycles. The van der Waals surface area contributed by atoms with Gasteiger partial charge in [0.25, 0.3) is 5.56 Å². The molecular weight excluding hydrogens is 490 g/mol. The number of aromatic nitrogens is 2. The maximum Gasteiger partial charge on any atom is 0.329 e. The number of H-pyrrole nitrogens is 1. The van der Waals surface area contributed by atoms with Crippen LogP contribution in [0, 0.1) is 0 Å². The zero-order chi connectivity index (χ0) is 27.7. The number of aromatic amines is 1. The van der Waals surface area contributed by atoms with Crippen molar-refractivity contribution in [2.24, 2.45) is 7.05 Å². The van der Waals surface area contributed by atoms with E-state index in [0.29, 0.717) is 42.0 Å². The molecule has 1 aromatic carbocycles. The van der Waals surface area contributed by atoms with Gasteiger partial charge in [0.2, 0.25) is 5.75 Å². The Morgan fingerprint density at radius 3 is 2.16 bits per heavy atom. The Hall–Kier alpha value is -3.34. The van der Waals surface area contributed by atoms with Gasteiger partial charge in [0, 0.05) is 45.0 Å². The van der Waals surface area contributed by atoms with Gasteiger partial charge in [-0.2, -0.15) is 0 Å². The molecule has 2 heterocycles. The van der Waals surface area contributed by atoms with Crippen LogP contribution >= 0.6 is 0 Å². The third kappa shape index (κ3) is 7.15.